The average Bonchev–Trinajstić information content (AvgIpc) is 3.25. The first-order chi connectivity index (χ1) is 13.8. The molecule has 0 atom stereocenters. The second-order valence-electron chi connectivity index (χ2n) is 5.67. The van der Waals surface area contributed by atoms with Crippen LogP contribution in [0.4, 0.5) is 5.00 Å². The number of esters is 2. The van der Waals surface area contributed by atoms with Crippen LogP contribution in [0.15, 0.2) is 22.5 Å². The third-order valence-corrected chi connectivity index (χ3v) is 7.42. The summed E-state index contributed by atoms with van der Waals surface area (Å²) in [5, 5.41) is 3.53. The van der Waals surface area contributed by atoms with Gasteiger partial charge in [0.2, 0.25) is 5.91 Å². The van der Waals surface area contributed by atoms with Gasteiger partial charge >= 0.3 is 11.9 Å². The molecule has 152 valence electrons. The number of benzene rings is 1. The van der Waals surface area contributed by atoms with E-state index in [-0.39, 0.29) is 27.1 Å². The zero-order valence-corrected chi connectivity index (χ0v) is 18.7. The molecule has 2 aromatic heterocycles. The van der Waals surface area contributed by atoms with Crippen molar-refractivity contribution in [3.05, 3.63) is 39.2 Å². The van der Waals surface area contributed by atoms with Gasteiger partial charge in [0.05, 0.1) is 35.8 Å². The van der Waals surface area contributed by atoms with Crippen molar-refractivity contribution >= 4 is 79.1 Å². The van der Waals surface area contributed by atoms with Crippen molar-refractivity contribution in [1.82, 2.24) is 4.98 Å². The molecule has 0 saturated heterocycles. The van der Waals surface area contributed by atoms with Gasteiger partial charge in [0.25, 0.3) is 0 Å². The largest absolute Gasteiger partial charge is 0.465 e. The van der Waals surface area contributed by atoms with E-state index in [1.54, 1.807) is 19.1 Å². The van der Waals surface area contributed by atoms with Crippen molar-refractivity contribution in [3.8, 4) is 0 Å². The van der Waals surface area contributed by atoms with Gasteiger partial charge in [-0.15, -0.1) is 22.7 Å². The number of fused-ring (bicyclic) bond motifs is 1. The fourth-order valence-electron chi connectivity index (χ4n) is 2.47. The van der Waals surface area contributed by atoms with E-state index in [4.69, 9.17) is 21.1 Å². The molecule has 0 fully saturated rings. The molecule has 0 aliphatic carbocycles. The Morgan fingerprint density at radius 1 is 1.17 bits per heavy atom. The molecule has 1 aromatic carbocycles. The number of thiazole rings is 1. The minimum Gasteiger partial charge on any atom is -0.465 e. The lowest BCUT2D eigenvalue weighted by atomic mass is 10.1. The van der Waals surface area contributed by atoms with E-state index < -0.39 is 11.9 Å². The van der Waals surface area contributed by atoms with Crippen molar-refractivity contribution in [1.29, 1.82) is 0 Å². The number of amides is 1. The number of halogens is 1. The molecule has 2 heterocycles. The van der Waals surface area contributed by atoms with Gasteiger partial charge < -0.3 is 14.8 Å². The van der Waals surface area contributed by atoms with Gasteiger partial charge in [0.1, 0.15) is 9.88 Å². The number of thiophene rings is 1. The van der Waals surface area contributed by atoms with Gasteiger partial charge in [-0.3, -0.25) is 4.79 Å². The van der Waals surface area contributed by atoms with Crippen molar-refractivity contribution in [2.45, 2.75) is 11.3 Å². The Balaban J connectivity index is 1.75. The van der Waals surface area contributed by atoms with E-state index in [1.807, 2.05) is 6.07 Å². The van der Waals surface area contributed by atoms with Crippen LogP contribution in [-0.4, -0.2) is 42.8 Å². The highest BCUT2D eigenvalue weighted by atomic mass is 35.5. The predicted octanol–water partition coefficient (Wildman–Crippen LogP) is 4.62. The van der Waals surface area contributed by atoms with Crippen LogP contribution in [0.2, 0.25) is 5.02 Å². The molecule has 3 aromatic rings. The minimum absolute atomic E-state index is 0.0820. The summed E-state index contributed by atoms with van der Waals surface area (Å²) < 4.78 is 11.2. The van der Waals surface area contributed by atoms with E-state index in [0.29, 0.717) is 10.6 Å². The molecule has 3 rings (SSSR count). The second kappa shape index (κ2) is 9.12. The molecule has 0 unspecified atom stereocenters. The van der Waals surface area contributed by atoms with Gasteiger partial charge in [-0.05, 0) is 30.7 Å². The normalized spacial score (nSPS) is 10.8. The number of hydrogen-bond acceptors (Lipinski definition) is 9. The Labute approximate surface area is 183 Å². The molecule has 0 aliphatic heterocycles. The monoisotopic (exact) mass is 470 g/mol. The molecule has 0 bridgehead atoms. The number of hydrogen-bond donors (Lipinski definition) is 1. The van der Waals surface area contributed by atoms with E-state index in [9.17, 15) is 14.4 Å². The number of nitrogens with one attached hydrogen (secondary N) is 1. The molecule has 0 aliphatic rings. The quantitative estimate of drug-likeness (QED) is 0.414. The molecule has 0 radical (unpaired) electrons. The number of aromatic nitrogens is 1. The van der Waals surface area contributed by atoms with Crippen LogP contribution in [0.5, 0.6) is 0 Å². The van der Waals surface area contributed by atoms with Crippen LogP contribution in [0.1, 0.15) is 25.6 Å². The van der Waals surface area contributed by atoms with E-state index in [1.165, 1.54) is 37.3 Å². The standard InChI is InChI=1S/C18H15ClN2O5S3/c1-8-13(16(23)25-2)15(29-14(8)17(24)26-3)21-12(22)7-27-18-20-10-6-9(19)4-5-11(10)28-18/h4-6H,7H2,1-3H3,(H,21,22). The third-order valence-electron chi connectivity index (χ3n) is 3.82. The van der Waals surface area contributed by atoms with Crippen LogP contribution >= 0.6 is 46.0 Å². The Morgan fingerprint density at radius 3 is 2.59 bits per heavy atom. The van der Waals surface area contributed by atoms with Crippen LogP contribution < -0.4 is 5.32 Å². The number of anilines is 1. The van der Waals surface area contributed by atoms with Crippen molar-refractivity contribution < 1.29 is 23.9 Å². The molecule has 0 saturated carbocycles. The predicted molar refractivity (Wildman–Crippen MR) is 116 cm³/mol. The van der Waals surface area contributed by atoms with E-state index in [2.05, 4.69) is 10.3 Å². The molecular weight excluding hydrogens is 456 g/mol. The number of carbonyl (C=O) groups excluding carboxylic acids is 3. The highest BCUT2D eigenvalue weighted by molar-refractivity contribution is 8.01. The van der Waals surface area contributed by atoms with E-state index >= 15 is 0 Å². The molecule has 1 amide bonds. The van der Waals surface area contributed by atoms with Crippen LogP contribution in [0.3, 0.4) is 0 Å². The summed E-state index contributed by atoms with van der Waals surface area (Å²) in [7, 11) is 2.48. The van der Waals surface area contributed by atoms with Gasteiger partial charge in [-0.25, -0.2) is 14.6 Å². The lowest BCUT2D eigenvalue weighted by Crippen LogP contribution is -2.16. The molecule has 0 spiro atoms. The number of carbonyl (C=O) groups is 3. The van der Waals surface area contributed by atoms with E-state index in [0.717, 1.165) is 25.9 Å². The number of thioether (sulfide) groups is 1. The first-order valence-electron chi connectivity index (χ1n) is 8.12. The first-order valence-corrected chi connectivity index (χ1v) is 11.1. The Bertz CT molecular complexity index is 1110. The van der Waals surface area contributed by atoms with Gasteiger partial charge in [-0.1, -0.05) is 23.4 Å². The maximum atomic E-state index is 12.4. The zero-order chi connectivity index (χ0) is 21.1. The number of rotatable bonds is 6. The summed E-state index contributed by atoms with van der Waals surface area (Å²) in [5.41, 5.74) is 1.32. The zero-order valence-electron chi connectivity index (χ0n) is 15.5. The summed E-state index contributed by atoms with van der Waals surface area (Å²) >= 11 is 9.67. The fourth-order valence-corrected chi connectivity index (χ4v) is 5.61. The summed E-state index contributed by atoms with van der Waals surface area (Å²) in [6.45, 7) is 1.60. The van der Waals surface area contributed by atoms with Gasteiger partial charge in [0.15, 0.2) is 4.34 Å². The Kier molecular flexibility index (Phi) is 6.78. The Hall–Kier alpha value is -2.14. The highest BCUT2D eigenvalue weighted by Gasteiger charge is 2.26. The molecule has 11 heteroatoms. The first kappa shape index (κ1) is 21.6. The number of nitrogens with zero attached hydrogens (tertiary/aromatic N) is 1. The maximum absolute atomic E-state index is 12.4. The molecule has 7 nitrogen and oxygen atoms in total. The van der Waals surface area contributed by atoms with Crippen molar-refractivity contribution in [2.24, 2.45) is 0 Å². The lowest BCUT2D eigenvalue weighted by Gasteiger charge is -2.05. The smallest absolute Gasteiger partial charge is 0.348 e. The fraction of sp³-hybridized carbons (Fsp3) is 0.222. The lowest BCUT2D eigenvalue weighted by molar-refractivity contribution is -0.113. The molecular formula is C18H15ClN2O5S3. The van der Waals surface area contributed by atoms with Crippen LogP contribution in [0.25, 0.3) is 10.2 Å². The second-order valence-corrected chi connectivity index (χ2v) is 9.38. The van der Waals surface area contributed by atoms with Gasteiger partial charge in [0, 0.05) is 5.02 Å². The van der Waals surface area contributed by atoms with Crippen LogP contribution in [-0.2, 0) is 14.3 Å². The average molecular weight is 471 g/mol. The maximum Gasteiger partial charge on any atom is 0.348 e. The summed E-state index contributed by atoms with van der Waals surface area (Å²) in [6.07, 6.45) is 0. The Morgan fingerprint density at radius 2 is 1.90 bits per heavy atom. The third kappa shape index (κ3) is 4.72. The number of methoxy groups -OCH3 is 2. The highest BCUT2D eigenvalue weighted by Crippen LogP contribution is 2.35. The summed E-state index contributed by atoms with van der Waals surface area (Å²) in [5.74, 6) is -1.48. The van der Waals surface area contributed by atoms with Crippen LogP contribution in [0, 0.1) is 6.92 Å². The molecule has 1 N–H and O–H groups in total. The topological polar surface area (TPSA) is 94.6 Å². The SMILES string of the molecule is COC(=O)c1sc(NC(=O)CSc2nc3cc(Cl)ccc3s2)c(C(=O)OC)c1C. The summed E-state index contributed by atoms with van der Waals surface area (Å²) in [4.78, 5) is 41.2. The minimum atomic E-state index is -0.639. The van der Waals surface area contributed by atoms with Crippen molar-refractivity contribution in [3.63, 3.8) is 0 Å². The number of ether oxygens (including phenoxy) is 2. The molecule has 29 heavy (non-hydrogen) atoms. The van der Waals surface area contributed by atoms with Crippen molar-refractivity contribution in [2.75, 3.05) is 25.3 Å². The van der Waals surface area contributed by atoms with Gasteiger partial charge in [-0.2, -0.15) is 0 Å². The summed E-state index contributed by atoms with van der Waals surface area (Å²) in [6, 6.07) is 5.43.